The molecule has 0 fully saturated rings. The van der Waals surface area contributed by atoms with Gasteiger partial charge in [-0.05, 0) is 48.6 Å². The summed E-state index contributed by atoms with van der Waals surface area (Å²) in [6.07, 6.45) is 2.26. The van der Waals surface area contributed by atoms with Crippen LogP contribution in [0.4, 0.5) is 0 Å². The molecule has 15 heavy (non-hydrogen) atoms. The molecule has 1 rings (SSSR count). The minimum atomic E-state index is -0.338. The van der Waals surface area contributed by atoms with Crippen molar-refractivity contribution in [1.29, 1.82) is 0 Å². The predicted octanol–water partition coefficient (Wildman–Crippen LogP) is 2.86. The zero-order chi connectivity index (χ0) is 11.1. The van der Waals surface area contributed by atoms with E-state index in [-0.39, 0.29) is 12.2 Å². The Bertz CT molecular complexity index is 246. The molecule has 2 unspecified atom stereocenters. The second-order valence-electron chi connectivity index (χ2n) is 3.64. The molecule has 0 saturated carbocycles. The molecular weight excluding hydrogens is 208 g/mol. The molecule has 0 bridgehead atoms. The highest BCUT2D eigenvalue weighted by Crippen LogP contribution is 2.14. The van der Waals surface area contributed by atoms with Crippen LogP contribution in [0.25, 0.3) is 0 Å². The standard InChI is InChI=1S/C12H20O2S/c1-3-12(14-4-2)11(13)6-5-10-7-8-15-9-10/h7-9,11-13H,3-6H2,1-2H3. The van der Waals surface area contributed by atoms with E-state index in [1.54, 1.807) is 11.3 Å². The van der Waals surface area contributed by atoms with Gasteiger partial charge in [0.25, 0.3) is 0 Å². The van der Waals surface area contributed by atoms with Crippen molar-refractivity contribution in [3.63, 3.8) is 0 Å². The Balaban J connectivity index is 2.30. The van der Waals surface area contributed by atoms with E-state index < -0.39 is 0 Å². The lowest BCUT2D eigenvalue weighted by Crippen LogP contribution is -2.28. The van der Waals surface area contributed by atoms with Crippen LogP contribution >= 0.6 is 11.3 Å². The minimum absolute atomic E-state index is 0.00589. The van der Waals surface area contributed by atoms with E-state index in [2.05, 4.69) is 16.8 Å². The molecule has 0 radical (unpaired) electrons. The van der Waals surface area contributed by atoms with Crippen molar-refractivity contribution < 1.29 is 9.84 Å². The van der Waals surface area contributed by atoms with E-state index in [1.165, 1.54) is 5.56 Å². The third-order valence-electron chi connectivity index (χ3n) is 2.52. The SMILES string of the molecule is CCOC(CC)C(O)CCc1ccsc1. The second kappa shape index (κ2) is 6.99. The monoisotopic (exact) mass is 228 g/mol. The lowest BCUT2D eigenvalue weighted by Gasteiger charge is -2.21. The highest BCUT2D eigenvalue weighted by Gasteiger charge is 2.17. The molecule has 86 valence electrons. The lowest BCUT2D eigenvalue weighted by atomic mass is 10.0. The fourth-order valence-corrected chi connectivity index (χ4v) is 2.35. The van der Waals surface area contributed by atoms with Crippen LogP contribution in [0.2, 0.25) is 0 Å². The molecule has 1 N–H and O–H groups in total. The van der Waals surface area contributed by atoms with Crippen LogP contribution in [0.1, 0.15) is 32.3 Å². The lowest BCUT2D eigenvalue weighted by molar-refractivity contribution is -0.0369. The Morgan fingerprint density at radius 2 is 2.27 bits per heavy atom. The van der Waals surface area contributed by atoms with Crippen molar-refractivity contribution in [2.45, 2.75) is 45.3 Å². The van der Waals surface area contributed by atoms with E-state index in [1.807, 2.05) is 13.8 Å². The maximum Gasteiger partial charge on any atom is 0.0831 e. The quantitative estimate of drug-likeness (QED) is 0.777. The Labute approximate surface area is 95.9 Å². The zero-order valence-electron chi connectivity index (χ0n) is 9.48. The van der Waals surface area contributed by atoms with Gasteiger partial charge in [0.2, 0.25) is 0 Å². The van der Waals surface area contributed by atoms with Crippen molar-refractivity contribution in [3.8, 4) is 0 Å². The molecule has 0 aliphatic heterocycles. The molecule has 1 aromatic heterocycles. The fraction of sp³-hybridized carbons (Fsp3) is 0.667. The molecule has 0 amide bonds. The van der Waals surface area contributed by atoms with Crippen LogP contribution in [0, 0.1) is 0 Å². The Hall–Kier alpha value is -0.380. The molecule has 0 saturated heterocycles. The van der Waals surface area contributed by atoms with E-state index in [9.17, 15) is 5.11 Å². The van der Waals surface area contributed by atoms with Crippen LogP contribution < -0.4 is 0 Å². The maximum absolute atomic E-state index is 9.92. The third kappa shape index (κ3) is 4.33. The topological polar surface area (TPSA) is 29.5 Å². The summed E-state index contributed by atoms with van der Waals surface area (Å²) in [5, 5.41) is 14.1. The summed E-state index contributed by atoms with van der Waals surface area (Å²) in [6, 6.07) is 2.11. The van der Waals surface area contributed by atoms with Gasteiger partial charge < -0.3 is 9.84 Å². The van der Waals surface area contributed by atoms with Gasteiger partial charge >= 0.3 is 0 Å². The van der Waals surface area contributed by atoms with Gasteiger partial charge in [0.05, 0.1) is 12.2 Å². The zero-order valence-corrected chi connectivity index (χ0v) is 10.3. The maximum atomic E-state index is 9.92. The smallest absolute Gasteiger partial charge is 0.0831 e. The Kier molecular flexibility index (Phi) is 5.91. The van der Waals surface area contributed by atoms with E-state index >= 15 is 0 Å². The summed E-state index contributed by atoms with van der Waals surface area (Å²) >= 11 is 1.70. The van der Waals surface area contributed by atoms with Crippen LogP contribution in [0.5, 0.6) is 0 Å². The van der Waals surface area contributed by atoms with Gasteiger partial charge in [-0.2, -0.15) is 11.3 Å². The molecule has 2 nitrogen and oxygen atoms in total. The number of aryl methyl sites for hydroxylation is 1. The van der Waals surface area contributed by atoms with Gasteiger partial charge in [-0.3, -0.25) is 0 Å². The summed E-state index contributed by atoms with van der Waals surface area (Å²) in [5.41, 5.74) is 1.31. The number of aliphatic hydroxyl groups is 1. The molecule has 1 heterocycles. The second-order valence-corrected chi connectivity index (χ2v) is 4.42. The number of ether oxygens (including phenoxy) is 1. The predicted molar refractivity (Wildman–Crippen MR) is 64.4 cm³/mol. The number of rotatable bonds is 7. The van der Waals surface area contributed by atoms with Crippen LogP contribution in [-0.4, -0.2) is 23.9 Å². The van der Waals surface area contributed by atoms with Crippen molar-refractivity contribution in [1.82, 2.24) is 0 Å². The number of hydrogen-bond donors (Lipinski definition) is 1. The summed E-state index contributed by atoms with van der Waals surface area (Å²) in [4.78, 5) is 0. The largest absolute Gasteiger partial charge is 0.390 e. The molecule has 2 atom stereocenters. The van der Waals surface area contributed by atoms with Gasteiger partial charge in [0.1, 0.15) is 0 Å². The molecule has 0 aliphatic carbocycles. The summed E-state index contributed by atoms with van der Waals surface area (Å²) in [7, 11) is 0. The number of thiophene rings is 1. The molecular formula is C12H20O2S. The van der Waals surface area contributed by atoms with E-state index in [0.717, 1.165) is 19.3 Å². The molecule has 0 aliphatic rings. The summed E-state index contributed by atoms with van der Waals surface area (Å²) in [5.74, 6) is 0. The van der Waals surface area contributed by atoms with Gasteiger partial charge in [-0.25, -0.2) is 0 Å². The first-order chi connectivity index (χ1) is 7.27. The molecule has 3 heteroatoms. The van der Waals surface area contributed by atoms with Gasteiger partial charge in [0.15, 0.2) is 0 Å². The van der Waals surface area contributed by atoms with Crippen LogP contribution in [0.15, 0.2) is 16.8 Å². The van der Waals surface area contributed by atoms with Crippen molar-refractivity contribution in [2.75, 3.05) is 6.61 Å². The van der Waals surface area contributed by atoms with Crippen molar-refractivity contribution >= 4 is 11.3 Å². The van der Waals surface area contributed by atoms with Gasteiger partial charge in [0, 0.05) is 6.61 Å². The Morgan fingerprint density at radius 1 is 1.47 bits per heavy atom. The van der Waals surface area contributed by atoms with Gasteiger partial charge in [-0.1, -0.05) is 6.92 Å². The Morgan fingerprint density at radius 3 is 2.80 bits per heavy atom. The first-order valence-corrected chi connectivity index (χ1v) is 6.53. The molecule has 1 aromatic rings. The third-order valence-corrected chi connectivity index (χ3v) is 3.25. The highest BCUT2D eigenvalue weighted by molar-refractivity contribution is 7.07. The van der Waals surface area contributed by atoms with Crippen LogP contribution in [0.3, 0.4) is 0 Å². The minimum Gasteiger partial charge on any atom is -0.390 e. The summed E-state index contributed by atoms with van der Waals surface area (Å²) in [6.45, 7) is 4.69. The number of hydrogen-bond acceptors (Lipinski definition) is 3. The van der Waals surface area contributed by atoms with Crippen molar-refractivity contribution in [2.24, 2.45) is 0 Å². The van der Waals surface area contributed by atoms with Crippen molar-refractivity contribution in [3.05, 3.63) is 22.4 Å². The number of aliphatic hydroxyl groups excluding tert-OH is 1. The first-order valence-electron chi connectivity index (χ1n) is 5.58. The van der Waals surface area contributed by atoms with E-state index in [0.29, 0.717) is 6.61 Å². The normalized spacial score (nSPS) is 15.1. The van der Waals surface area contributed by atoms with Gasteiger partial charge in [-0.15, -0.1) is 0 Å². The summed E-state index contributed by atoms with van der Waals surface area (Å²) < 4.78 is 5.48. The highest BCUT2D eigenvalue weighted by atomic mass is 32.1. The molecule has 0 spiro atoms. The van der Waals surface area contributed by atoms with E-state index in [4.69, 9.17) is 4.74 Å². The average molecular weight is 228 g/mol. The fourth-order valence-electron chi connectivity index (χ4n) is 1.65. The molecule has 0 aromatic carbocycles. The first kappa shape index (κ1) is 12.7. The average Bonchev–Trinajstić information content (AvgIpc) is 2.75. The van der Waals surface area contributed by atoms with Crippen LogP contribution in [-0.2, 0) is 11.2 Å².